The molecule has 0 amide bonds. The number of nitrogen functional groups attached to an aromatic ring is 1. The molecule has 2 rings (SSSR count). The largest absolute Gasteiger partial charge is 0.484 e. The molecule has 0 bridgehead atoms. The Bertz CT molecular complexity index is 440. The van der Waals surface area contributed by atoms with Gasteiger partial charge in [-0.15, -0.1) is 11.3 Å². The number of thiazole rings is 1. The Balaban J connectivity index is 2.07. The number of benzene rings is 1. The van der Waals surface area contributed by atoms with Gasteiger partial charge in [0.25, 0.3) is 0 Å². The summed E-state index contributed by atoms with van der Waals surface area (Å²) in [5.74, 6) is 0.727. The summed E-state index contributed by atoms with van der Waals surface area (Å²) in [5, 5.41) is 2.88. The maximum Gasteiger partial charge on any atom is 0.143 e. The smallest absolute Gasteiger partial charge is 0.143 e. The summed E-state index contributed by atoms with van der Waals surface area (Å²) in [4.78, 5) is 4.14. The fourth-order valence-electron chi connectivity index (χ4n) is 1.23. The van der Waals surface area contributed by atoms with Crippen LogP contribution < -0.4 is 10.5 Å². The predicted molar refractivity (Wildman–Crippen MR) is 62.0 cm³/mol. The first-order chi connectivity index (χ1) is 7.25. The number of nitrogens with zero attached hydrogens (tertiary/aromatic N) is 1. The molecule has 4 heteroatoms. The standard InChI is InChI=1S/C11H12N2OS/c1-8-2-3-9(12)10(6-8)14-7-11-13-4-5-15-11/h2-6H,7,12H2,1H3. The van der Waals surface area contributed by atoms with E-state index in [1.807, 2.05) is 30.5 Å². The van der Waals surface area contributed by atoms with Crippen LogP contribution in [0.4, 0.5) is 5.69 Å². The average Bonchev–Trinajstić information content (AvgIpc) is 2.72. The molecule has 78 valence electrons. The molecule has 2 N–H and O–H groups in total. The van der Waals surface area contributed by atoms with Crippen LogP contribution >= 0.6 is 11.3 Å². The van der Waals surface area contributed by atoms with Crippen molar-refractivity contribution in [2.75, 3.05) is 5.73 Å². The van der Waals surface area contributed by atoms with Gasteiger partial charge >= 0.3 is 0 Å². The van der Waals surface area contributed by atoms with Gasteiger partial charge in [-0.05, 0) is 24.6 Å². The van der Waals surface area contributed by atoms with Crippen LogP contribution in [0.5, 0.6) is 5.75 Å². The van der Waals surface area contributed by atoms with E-state index in [4.69, 9.17) is 10.5 Å². The molecule has 1 aromatic carbocycles. The molecule has 0 saturated carbocycles. The number of nitrogens with two attached hydrogens (primary N) is 1. The first-order valence-electron chi connectivity index (χ1n) is 4.63. The van der Waals surface area contributed by atoms with E-state index < -0.39 is 0 Å². The van der Waals surface area contributed by atoms with Crippen LogP contribution in [0.3, 0.4) is 0 Å². The van der Waals surface area contributed by atoms with Crippen molar-refractivity contribution in [3.8, 4) is 5.75 Å². The van der Waals surface area contributed by atoms with E-state index in [9.17, 15) is 0 Å². The van der Waals surface area contributed by atoms with Crippen LogP contribution in [0.25, 0.3) is 0 Å². The fourth-order valence-corrected chi connectivity index (χ4v) is 1.76. The second-order valence-corrected chi connectivity index (χ2v) is 4.23. The summed E-state index contributed by atoms with van der Waals surface area (Å²) in [6, 6.07) is 5.75. The molecular formula is C11H12N2OS. The van der Waals surface area contributed by atoms with Crippen molar-refractivity contribution in [2.45, 2.75) is 13.5 Å². The summed E-state index contributed by atoms with van der Waals surface area (Å²) < 4.78 is 5.58. The average molecular weight is 220 g/mol. The van der Waals surface area contributed by atoms with E-state index in [2.05, 4.69) is 4.98 Å². The van der Waals surface area contributed by atoms with Gasteiger partial charge in [-0.1, -0.05) is 6.07 Å². The molecule has 0 aliphatic rings. The Morgan fingerprint density at radius 1 is 1.47 bits per heavy atom. The van der Waals surface area contributed by atoms with Crippen LogP contribution in [0.2, 0.25) is 0 Å². The van der Waals surface area contributed by atoms with Gasteiger partial charge in [0.2, 0.25) is 0 Å². The summed E-state index contributed by atoms with van der Waals surface area (Å²) in [5.41, 5.74) is 7.59. The molecule has 1 aromatic heterocycles. The second kappa shape index (κ2) is 4.31. The molecule has 0 radical (unpaired) electrons. The molecule has 15 heavy (non-hydrogen) atoms. The highest BCUT2D eigenvalue weighted by Crippen LogP contribution is 2.23. The Morgan fingerprint density at radius 3 is 3.07 bits per heavy atom. The SMILES string of the molecule is Cc1ccc(N)c(OCc2nccs2)c1. The zero-order valence-electron chi connectivity index (χ0n) is 8.43. The fraction of sp³-hybridized carbons (Fsp3) is 0.182. The molecule has 0 spiro atoms. The topological polar surface area (TPSA) is 48.1 Å². The van der Waals surface area contributed by atoms with Gasteiger partial charge in [-0.2, -0.15) is 0 Å². The summed E-state index contributed by atoms with van der Waals surface area (Å²) >= 11 is 1.58. The van der Waals surface area contributed by atoms with Gasteiger partial charge in [0.15, 0.2) is 0 Å². The van der Waals surface area contributed by atoms with Crippen molar-refractivity contribution >= 4 is 17.0 Å². The molecule has 0 atom stereocenters. The molecule has 0 fully saturated rings. The van der Waals surface area contributed by atoms with E-state index in [0.717, 1.165) is 16.3 Å². The lowest BCUT2D eigenvalue weighted by Crippen LogP contribution is -1.98. The maximum absolute atomic E-state index is 5.79. The van der Waals surface area contributed by atoms with E-state index in [1.165, 1.54) is 0 Å². The number of ether oxygens (including phenoxy) is 1. The van der Waals surface area contributed by atoms with Crippen LogP contribution in [0, 0.1) is 6.92 Å². The molecule has 0 aliphatic heterocycles. The molecule has 2 aromatic rings. The summed E-state index contributed by atoms with van der Waals surface area (Å²) in [6.45, 7) is 2.49. The number of aryl methyl sites for hydroxylation is 1. The molecule has 1 heterocycles. The number of aromatic nitrogens is 1. The van der Waals surface area contributed by atoms with Crippen LogP contribution in [-0.2, 0) is 6.61 Å². The van der Waals surface area contributed by atoms with Crippen molar-refractivity contribution in [3.05, 3.63) is 40.3 Å². The van der Waals surface area contributed by atoms with E-state index in [1.54, 1.807) is 17.5 Å². The Morgan fingerprint density at radius 2 is 2.33 bits per heavy atom. The van der Waals surface area contributed by atoms with Crippen LogP contribution in [-0.4, -0.2) is 4.98 Å². The highest BCUT2D eigenvalue weighted by molar-refractivity contribution is 7.09. The zero-order chi connectivity index (χ0) is 10.7. The third kappa shape index (κ3) is 2.47. The van der Waals surface area contributed by atoms with Crippen LogP contribution in [0.15, 0.2) is 29.8 Å². The summed E-state index contributed by atoms with van der Waals surface area (Å²) in [6.07, 6.45) is 1.77. The molecular weight excluding hydrogens is 208 g/mol. The lowest BCUT2D eigenvalue weighted by molar-refractivity contribution is 0.307. The third-order valence-electron chi connectivity index (χ3n) is 2.00. The summed E-state index contributed by atoms with van der Waals surface area (Å²) in [7, 11) is 0. The molecule has 0 unspecified atom stereocenters. The van der Waals surface area contributed by atoms with Crippen molar-refractivity contribution in [2.24, 2.45) is 0 Å². The Hall–Kier alpha value is -1.55. The van der Waals surface area contributed by atoms with Crippen molar-refractivity contribution in [3.63, 3.8) is 0 Å². The number of rotatable bonds is 3. The molecule has 3 nitrogen and oxygen atoms in total. The first-order valence-corrected chi connectivity index (χ1v) is 5.51. The second-order valence-electron chi connectivity index (χ2n) is 3.26. The minimum absolute atomic E-state index is 0.478. The van der Waals surface area contributed by atoms with Crippen molar-refractivity contribution in [1.82, 2.24) is 4.98 Å². The minimum atomic E-state index is 0.478. The third-order valence-corrected chi connectivity index (χ3v) is 2.76. The highest BCUT2D eigenvalue weighted by atomic mass is 32.1. The zero-order valence-corrected chi connectivity index (χ0v) is 9.25. The first kappa shape index (κ1) is 9.98. The number of anilines is 1. The lowest BCUT2D eigenvalue weighted by Gasteiger charge is -2.07. The van der Waals surface area contributed by atoms with Gasteiger partial charge in [0, 0.05) is 11.6 Å². The molecule has 0 saturated heterocycles. The Kier molecular flexibility index (Phi) is 2.87. The van der Waals surface area contributed by atoms with Gasteiger partial charge < -0.3 is 10.5 Å². The minimum Gasteiger partial charge on any atom is -0.484 e. The van der Waals surface area contributed by atoms with Crippen molar-refractivity contribution in [1.29, 1.82) is 0 Å². The van der Waals surface area contributed by atoms with Gasteiger partial charge in [0.1, 0.15) is 17.4 Å². The monoisotopic (exact) mass is 220 g/mol. The van der Waals surface area contributed by atoms with Gasteiger partial charge in [-0.25, -0.2) is 4.98 Å². The number of hydrogen-bond acceptors (Lipinski definition) is 4. The highest BCUT2D eigenvalue weighted by Gasteiger charge is 2.02. The van der Waals surface area contributed by atoms with Gasteiger partial charge in [-0.3, -0.25) is 0 Å². The predicted octanol–water partition coefficient (Wildman–Crippen LogP) is 2.61. The van der Waals surface area contributed by atoms with Crippen LogP contribution in [0.1, 0.15) is 10.6 Å². The quantitative estimate of drug-likeness (QED) is 0.809. The Labute approximate surface area is 92.5 Å². The number of hydrogen-bond donors (Lipinski definition) is 1. The lowest BCUT2D eigenvalue weighted by atomic mass is 10.2. The van der Waals surface area contributed by atoms with E-state index in [0.29, 0.717) is 12.3 Å². The maximum atomic E-state index is 5.79. The normalized spacial score (nSPS) is 10.2. The van der Waals surface area contributed by atoms with Crippen molar-refractivity contribution < 1.29 is 4.74 Å². The van der Waals surface area contributed by atoms with Gasteiger partial charge in [0.05, 0.1) is 5.69 Å². The molecule has 0 aliphatic carbocycles. The van der Waals surface area contributed by atoms with E-state index >= 15 is 0 Å². The van der Waals surface area contributed by atoms with E-state index in [-0.39, 0.29) is 0 Å².